The molecule has 0 unspecified atom stereocenters. The second-order valence-corrected chi connectivity index (χ2v) is 9.94. The third-order valence-electron chi connectivity index (χ3n) is 4.34. The molecule has 2 aliphatic heterocycles. The number of nitrogens with zero attached hydrogens (tertiary/aromatic N) is 3. The molecule has 0 radical (unpaired) electrons. The van der Waals surface area contributed by atoms with Crippen molar-refractivity contribution < 1.29 is 18.0 Å². The zero-order chi connectivity index (χ0) is 17.9. The molecule has 2 amide bonds. The highest BCUT2D eigenvalue weighted by atomic mass is 32.2. The first-order valence-corrected chi connectivity index (χ1v) is 11.2. The summed E-state index contributed by atoms with van der Waals surface area (Å²) in [7, 11) is 0.398. The van der Waals surface area contributed by atoms with Crippen LogP contribution >= 0.6 is 11.8 Å². The molecule has 24 heavy (non-hydrogen) atoms. The zero-order valence-electron chi connectivity index (χ0n) is 14.6. The second-order valence-electron chi connectivity index (χ2n) is 6.68. The summed E-state index contributed by atoms with van der Waals surface area (Å²) in [6, 6.07) is -0.805. The van der Waals surface area contributed by atoms with Gasteiger partial charge in [-0.15, -0.1) is 0 Å². The molecule has 0 aliphatic carbocycles. The molecule has 0 aromatic rings. The number of likely N-dealkylation sites (N-methyl/N-ethyl adjacent to an activating group) is 1. The highest BCUT2D eigenvalue weighted by molar-refractivity contribution is 7.99. The van der Waals surface area contributed by atoms with Gasteiger partial charge in [-0.05, 0) is 26.3 Å². The van der Waals surface area contributed by atoms with E-state index in [1.54, 1.807) is 26.5 Å². The quantitative estimate of drug-likeness (QED) is 0.582. The maximum atomic E-state index is 12.5. The summed E-state index contributed by atoms with van der Waals surface area (Å²) in [5.41, 5.74) is 0. The fraction of sp³-hybridized carbons (Fsp3) is 0.867. The minimum absolute atomic E-state index is 0.0136. The average Bonchev–Trinajstić information content (AvgIpc) is 2.80. The van der Waals surface area contributed by atoms with Gasteiger partial charge in [0.15, 0.2) is 9.84 Å². The maximum absolute atomic E-state index is 12.5. The van der Waals surface area contributed by atoms with Gasteiger partial charge >= 0.3 is 0 Å². The van der Waals surface area contributed by atoms with E-state index in [0.29, 0.717) is 18.8 Å². The molecule has 2 saturated heterocycles. The van der Waals surface area contributed by atoms with Gasteiger partial charge in [0.2, 0.25) is 11.8 Å². The Kier molecular flexibility index (Phi) is 6.55. The van der Waals surface area contributed by atoms with Crippen LogP contribution in [0.25, 0.3) is 0 Å². The largest absolute Gasteiger partial charge is 0.334 e. The van der Waals surface area contributed by atoms with Gasteiger partial charge in [0.05, 0.1) is 35.9 Å². The molecule has 138 valence electrons. The number of fused-ring (bicyclic) bond motifs is 1. The molecule has 0 N–H and O–H groups in total. The minimum atomic E-state index is -3.22. The predicted octanol–water partition coefficient (Wildman–Crippen LogP) is -0.472. The van der Waals surface area contributed by atoms with Crippen LogP contribution in [0.5, 0.6) is 0 Å². The van der Waals surface area contributed by atoms with Crippen molar-refractivity contribution in [3.8, 4) is 0 Å². The normalized spacial score (nSPS) is 25.8. The number of carbonyl (C=O) groups is 2. The summed E-state index contributed by atoms with van der Waals surface area (Å²) in [5.74, 6) is 1.14. The lowest BCUT2D eigenvalue weighted by molar-refractivity contribution is -0.144. The van der Waals surface area contributed by atoms with Crippen molar-refractivity contribution in [2.45, 2.75) is 25.4 Å². The van der Waals surface area contributed by atoms with Crippen LogP contribution in [0.2, 0.25) is 0 Å². The van der Waals surface area contributed by atoms with Gasteiger partial charge < -0.3 is 14.7 Å². The van der Waals surface area contributed by atoms with Crippen LogP contribution in [0.15, 0.2) is 0 Å². The third kappa shape index (κ3) is 4.64. The Morgan fingerprint density at radius 1 is 1.08 bits per heavy atom. The summed E-state index contributed by atoms with van der Waals surface area (Å²) < 4.78 is 24.2. The molecule has 2 heterocycles. The van der Waals surface area contributed by atoms with Gasteiger partial charge in [0.1, 0.15) is 0 Å². The van der Waals surface area contributed by atoms with Crippen molar-refractivity contribution in [2.75, 3.05) is 56.7 Å². The van der Waals surface area contributed by atoms with E-state index < -0.39 is 21.9 Å². The van der Waals surface area contributed by atoms with Crippen LogP contribution in [0.4, 0.5) is 0 Å². The number of rotatable bonds is 6. The number of piperazine rings is 1. The van der Waals surface area contributed by atoms with E-state index in [0.717, 1.165) is 12.2 Å². The van der Waals surface area contributed by atoms with Gasteiger partial charge in [-0.3, -0.25) is 9.59 Å². The SMILES string of the molecule is CCCSCC(=O)N1CCN(C(=O)CN(C)C)[C@@H]2CS(=O)(=O)C[C@@H]21. The Labute approximate surface area is 148 Å². The molecule has 0 aromatic carbocycles. The summed E-state index contributed by atoms with van der Waals surface area (Å²) in [6.07, 6.45) is 1.01. The van der Waals surface area contributed by atoms with Crippen molar-refractivity contribution in [1.29, 1.82) is 0 Å². The van der Waals surface area contributed by atoms with Crippen LogP contribution in [-0.2, 0) is 19.4 Å². The van der Waals surface area contributed by atoms with Crippen LogP contribution in [0.3, 0.4) is 0 Å². The van der Waals surface area contributed by atoms with Crippen molar-refractivity contribution >= 4 is 33.4 Å². The summed E-state index contributed by atoms with van der Waals surface area (Å²) in [5, 5.41) is 0. The summed E-state index contributed by atoms with van der Waals surface area (Å²) >= 11 is 1.58. The fourth-order valence-corrected chi connectivity index (χ4v) is 6.07. The molecule has 0 saturated carbocycles. The van der Waals surface area contributed by atoms with E-state index in [1.807, 2.05) is 14.1 Å². The molecule has 2 fully saturated rings. The van der Waals surface area contributed by atoms with E-state index in [1.165, 1.54) is 0 Å². The van der Waals surface area contributed by atoms with E-state index in [2.05, 4.69) is 6.92 Å². The van der Waals surface area contributed by atoms with E-state index >= 15 is 0 Å². The van der Waals surface area contributed by atoms with Crippen molar-refractivity contribution in [1.82, 2.24) is 14.7 Å². The second kappa shape index (κ2) is 8.05. The lowest BCUT2D eigenvalue weighted by Gasteiger charge is -2.44. The smallest absolute Gasteiger partial charge is 0.237 e. The number of sulfone groups is 1. The number of hydrogen-bond acceptors (Lipinski definition) is 6. The Morgan fingerprint density at radius 3 is 2.12 bits per heavy atom. The highest BCUT2D eigenvalue weighted by Crippen LogP contribution is 2.27. The molecule has 0 spiro atoms. The number of thioether (sulfide) groups is 1. The molecular formula is C15H27N3O4S2. The molecule has 2 aliphatic rings. The van der Waals surface area contributed by atoms with Gasteiger partial charge in [0, 0.05) is 13.1 Å². The molecule has 0 bridgehead atoms. The van der Waals surface area contributed by atoms with E-state index in [-0.39, 0.29) is 29.9 Å². The van der Waals surface area contributed by atoms with Crippen LogP contribution in [-0.4, -0.2) is 104 Å². The van der Waals surface area contributed by atoms with Crippen molar-refractivity contribution in [2.24, 2.45) is 0 Å². The molecule has 9 heteroatoms. The minimum Gasteiger partial charge on any atom is -0.334 e. The number of hydrogen-bond donors (Lipinski definition) is 0. The topological polar surface area (TPSA) is 78.0 Å². The molecule has 7 nitrogen and oxygen atoms in total. The predicted molar refractivity (Wildman–Crippen MR) is 95.8 cm³/mol. The fourth-order valence-electron chi connectivity index (χ4n) is 3.32. The number of amides is 2. The maximum Gasteiger partial charge on any atom is 0.237 e. The summed E-state index contributed by atoms with van der Waals surface area (Å²) in [6.45, 7) is 3.14. The van der Waals surface area contributed by atoms with E-state index in [9.17, 15) is 18.0 Å². The van der Waals surface area contributed by atoms with Gasteiger partial charge in [-0.1, -0.05) is 6.92 Å². The first-order valence-electron chi connectivity index (χ1n) is 8.27. The van der Waals surface area contributed by atoms with Crippen LogP contribution < -0.4 is 0 Å². The van der Waals surface area contributed by atoms with Crippen LogP contribution in [0.1, 0.15) is 13.3 Å². The summed E-state index contributed by atoms with van der Waals surface area (Å²) in [4.78, 5) is 30.0. The molecule has 2 rings (SSSR count). The Balaban J connectivity index is 2.12. The van der Waals surface area contributed by atoms with Gasteiger partial charge in [-0.2, -0.15) is 11.8 Å². The Hall–Kier alpha value is -0.800. The molecular weight excluding hydrogens is 350 g/mol. The average molecular weight is 378 g/mol. The first kappa shape index (κ1) is 19.5. The van der Waals surface area contributed by atoms with Gasteiger partial charge in [-0.25, -0.2) is 8.42 Å². The standard InChI is InChI=1S/C15H27N3O4S2/c1-4-7-23-9-15(20)18-6-5-17(14(19)8-16(2)3)12-10-24(21,22)11-13(12)18/h12-13H,4-11H2,1-3H3/t12-,13+/m1/s1. The van der Waals surface area contributed by atoms with Gasteiger partial charge in [0.25, 0.3) is 0 Å². The Bertz CT molecular complexity index is 579. The number of carbonyl (C=O) groups excluding carboxylic acids is 2. The lowest BCUT2D eigenvalue weighted by atomic mass is 10.0. The van der Waals surface area contributed by atoms with Crippen molar-refractivity contribution in [3.05, 3.63) is 0 Å². The lowest BCUT2D eigenvalue weighted by Crippen LogP contribution is -2.63. The third-order valence-corrected chi connectivity index (χ3v) is 7.19. The van der Waals surface area contributed by atoms with E-state index in [4.69, 9.17) is 0 Å². The Morgan fingerprint density at radius 2 is 1.62 bits per heavy atom. The highest BCUT2D eigenvalue weighted by Gasteiger charge is 2.49. The van der Waals surface area contributed by atoms with Crippen molar-refractivity contribution in [3.63, 3.8) is 0 Å². The molecule has 2 atom stereocenters. The van der Waals surface area contributed by atoms with Crippen LogP contribution in [0, 0.1) is 0 Å². The zero-order valence-corrected chi connectivity index (χ0v) is 16.2. The first-order chi connectivity index (χ1) is 11.2. The monoisotopic (exact) mass is 377 g/mol. The molecule has 0 aromatic heterocycles.